The average Bonchev–Trinajstić information content (AvgIpc) is 2.56. The van der Waals surface area contributed by atoms with Crippen LogP contribution in [-0.2, 0) is 19.1 Å². The molecule has 0 aliphatic carbocycles. The van der Waals surface area contributed by atoms with E-state index in [1.54, 1.807) is 26.0 Å². The van der Waals surface area contributed by atoms with Gasteiger partial charge in [0.2, 0.25) is 5.88 Å². The molecule has 0 unspecified atom stereocenters. The van der Waals surface area contributed by atoms with Crippen LogP contribution in [0.25, 0.3) is 0 Å². The van der Waals surface area contributed by atoms with Gasteiger partial charge in [0.05, 0.1) is 25.2 Å². The molecule has 2 N–H and O–H groups in total. The van der Waals surface area contributed by atoms with Gasteiger partial charge in [-0.1, -0.05) is 11.6 Å². The highest BCUT2D eigenvalue weighted by atomic mass is 35.5. The van der Waals surface area contributed by atoms with Gasteiger partial charge in [-0.25, -0.2) is 4.79 Å². The lowest BCUT2D eigenvalue weighted by atomic mass is 9.79. The monoisotopic (exact) mass is 364 g/mol. The lowest BCUT2D eigenvalue weighted by molar-refractivity contribution is -0.146. The number of nitrogens with zero attached hydrogens (tertiary/aromatic N) is 1. The van der Waals surface area contributed by atoms with Crippen LogP contribution >= 0.6 is 11.6 Å². The van der Waals surface area contributed by atoms with Crippen LogP contribution in [0.2, 0.25) is 5.02 Å². The molecule has 0 aromatic heterocycles. The van der Waals surface area contributed by atoms with E-state index in [1.165, 1.54) is 6.07 Å². The van der Waals surface area contributed by atoms with Gasteiger partial charge in [0.25, 0.3) is 0 Å². The summed E-state index contributed by atoms with van der Waals surface area (Å²) in [5.74, 6) is -3.76. The molecule has 1 aliphatic heterocycles. The molecule has 0 saturated heterocycles. The summed E-state index contributed by atoms with van der Waals surface area (Å²) in [6, 6.07) is 6.55. The van der Waals surface area contributed by atoms with E-state index in [2.05, 4.69) is 0 Å². The van der Waals surface area contributed by atoms with Crippen molar-refractivity contribution in [1.82, 2.24) is 0 Å². The van der Waals surface area contributed by atoms with Crippen LogP contribution in [-0.4, -0.2) is 25.2 Å². The number of rotatable bonds is 5. The van der Waals surface area contributed by atoms with Crippen LogP contribution in [0.3, 0.4) is 0 Å². The van der Waals surface area contributed by atoms with E-state index in [4.69, 9.17) is 31.5 Å². The van der Waals surface area contributed by atoms with Crippen LogP contribution in [0.15, 0.2) is 29.7 Å². The second-order valence-electron chi connectivity index (χ2n) is 5.12. The number of fused-ring (bicyclic) bond motifs is 1. The molecule has 7 nitrogen and oxygen atoms in total. The minimum absolute atomic E-state index is 0.0938. The first-order valence-electron chi connectivity index (χ1n) is 7.64. The highest BCUT2D eigenvalue weighted by molar-refractivity contribution is 6.30. The molecule has 8 heteroatoms. The fraction of sp³-hybridized carbons (Fsp3) is 0.353. The fourth-order valence-corrected chi connectivity index (χ4v) is 2.80. The number of hydrogen-bond acceptors (Lipinski definition) is 7. The minimum atomic E-state index is -1.31. The van der Waals surface area contributed by atoms with Crippen LogP contribution in [0.5, 0.6) is 5.75 Å². The summed E-state index contributed by atoms with van der Waals surface area (Å²) in [7, 11) is 0. The molecule has 0 spiro atoms. The standard InChI is InChI=1S/C17H17ClN2O5/c1-3-23-16(21)11(8-19)13-10-7-9(18)5-6-12(10)25-15(20)14(13)17(22)24-4-2/h5-7,11,13H,3-4,20H2,1-2H3/t11-,13-/m1/s1. The van der Waals surface area contributed by atoms with Crippen molar-refractivity contribution < 1.29 is 23.8 Å². The first-order valence-corrected chi connectivity index (χ1v) is 8.02. The molecule has 0 fully saturated rings. The second kappa shape index (κ2) is 7.90. The highest BCUT2D eigenvalue weighted by Gasteiger charge is 2.43. The Kier molecular flexibility index (Phi) is 5.88. The molecular weight excluding hydrogens is 348 g/mol. The van der Waals surface area contributed by atoms with Gasteiger partial charge in [-0.3, -0.25) is 4.79 Å². The molecule has 0 radical (unpaired) electrons. The van der Waals surface area contributed by atoms with Crippen molar-refractivity contribution in [2.24, 2.45) is 11.7 Å². The molecule has 1 aromatic rings. The third-order valence-electron chi connectivity index (χ3n) is 3.61. The molecular formula is C17H17ClN2O5. The Morgan fingerprint density at radius 2 is 2.04 bits per heavy atom. The van der Waals surface area contributed by atoms with E-state index in [9.17, 15) is 14.9 Å². The van der Waals surface area contributed by atoms with Crippen LogP contribution in [0.4, 0.5) is 0 Å². The van der Waals surface area contributed by atoms with Crippen LogP contribution < -0.4 is 10.5 Å². The van der Waals surface area contributed by atoms with E-state index in [-0.39, 0.29) is 24.7 Å². The quantitative estimate of drug-likeness (QED) is 0.797. The molecule has 1 aromatic carbocycles. The zero-order chi connectivity index (χ0) is 18.6. The molecule has 0 bridgehead atoms. The number of benzene rings is 1. The van der Waals surface area contributed by atoms with E-state index in [0.29, 0.717) is 16.3 Å². The third-order valence-corrected chi connectivity index (χ3v) is 3.85. The highest BCUT2D eigenvalue weighted by Crippen LogP contribution is 2.44. The van der Waals surface area contributed by atoms with Gasteiger partial charge in [0, 0.05) is 10.6 Å². The summed E-state index contributed by atoms with van der Waals surface area (Å²) in [4.78, 5) is 24.6. The summed E-state index contributed by atoms with van der Waals surface area (Å²) in [5.41, 5.74) is 6.17. The largest absolute Gasteiger partial charge is 0.465 e. The maximum Gasteiger partial charge on any atom is 0.340 e. The molecule has 132 valence electrons. The summed E-state index contributed by atoms with van der Waals surface area (Å²) < 4.78 is 15.4. The van der Waals surface area contributed by atoms with Gasteiger partial charge in [-0.15, -0.1) is 0 Å². The first kappa shape index (κ1) is 18.6. The van der Waals surface area contributed by atoms with Crippen molar-refractivity contribution in [2.75, 3.05) is 13.2 Å². The fourth-order valence-electron chi connectivity index (χ4n) is 2.62. The van der Waals surface area contributed by atoms with Gasteiger partial charge in [0.15, 0.2) is 5.92 Å². The van der Waals surface area contributed by atoms with E-state index >= 15 is 0 Å². The number of carbonyl (C=O) groups is 2. The smallest absolute Gasteiger partial charge is 0.340 e. The Morgan fingerprint density at radius 3 is 2.64 bits per heavy atom. The number of nitriles is 1. The summed E-state index contributed by atoms with van der Waals surface area (Å²) in [5, 5.41) is 9.90. The zero-order valence-electron chi connectivity index (χ0n) is 13.7. The van der Waals surface area contributed by atoms with Gasteiger partial charge in [-0.05, 0) is 32.0 Å². The normalized spacial score (nSPS) is 17.0. The maximum absolute atomic E-state index is 12.4. The number of halogens is 1. The van der Waals surface area contributed by atoms with Gasteiger partial charge in [0.1, 0.15) is 11.3 Å². The summed E-state index contributed by atoms with van der Waals surface area (Å²) >= 11 is 6.04. The van der Waals surface area contributed by atoms with Crippen molar-refractivity contribution in [3.05, 3.63) is 40.2 Å². The van der Waals surface area contributed by atoms with E-state index in [0.717, 1.165) is 0 Å². The Balaban J connectivity index is 2.63. The number of ether oxygens (including phenoxy) is 3. The number of carbonyl (C=O) groups excluding carboxylic acids is 2. The summed E-state index contributed by atoms with van der Waals surface area (Å²) in [6.45, 7) is 3.45. The first-order chi connectivity index (χ1) is 11.9. The number of esters is 2. The number of nitrogens with two attached hydrogens (primary N) is 1. The van der Waals surface area contributed by atoms with Crippen molar-refractivity contribution in [1.29, 1.82) is 5.26 Å². The van der Waals surface area contributed by atoms with E-state index in [1.807, 2.05) is 6.07 Å². The Morgan fingerprint density at radius 1 is 1.36 bits per heavy atom. The van der Waals surface area contributed by atoms with Crippen molar-refractivity contribution in [3.8, 4) is 11.8 Å². The van der Waals surface area contributed by atoms with Crippen molar-refractivity contribution >= 4 is 23.5 Å². The number of hydrogen-bond donors (Lipinski definition) is 1. The van der Waals surface area contributed by atoms with Gasteiger partial charge < -0.3 is 19.9 Å². The van der Waals surface area contributed by atoms with Crippen molar-refractivity contribution in [3.63, 3.8) is 0 Å². The SMILES string of the molecule is CCOC(=O)C1=C(N)Oc2ccc(Cl)cc2[C@@H]1[C@@H](C#N)C(=O)OCC. The summed E-state index contributed by atoms with van der Waals surface area (Å²) in [6.07, 6.45) is 0. The molecule has 2 rings (SSSR count). The predicted octanol–water partition coefficient (Wildman–Crippen LogP) is 2.25. The topological polar surface area (TPSA) is 112 Å². The van der Waals surface area contributed by atoms with E-state index < -0.39 is 23.8 Å². The Hall–Kier alpha value is -2.72. The molecule has 1 heterocycles. The Bertz CT molecular complexity index is 769. The second-order valence-corrected chi connectivity index (χ2v) is 5.56. The zero-order valence-corrected chi connectivity index (χ0v) is 14.5. The third kappa shape index (κ3) is 3.69. The lowest BCUT2D eigenvalue weighted by Crippen LogP contribution is -2.33. The van der Waals surface area contributed by atoms with Gasteiger partial charge >= 0.3 is 11.9 Å². The molecule has 25 heavy (non-hydrogen) atoms. The molecule has 1 aliphatic rings. The predicted molar refractivity (Wildman–Crippen MR) is 88.4 cm³/mol. The maximum atomic E-state index is 12.4. The molecule has 0 amide bonds. The van der Waals surface area contributed by atoms with Crippen LogP contribution in [0.1, 0.15) is 25.3 Å². The average molecular weight is 365 g/mol. The molecule has 2 atom stereocenters. The minimum Gasteiger partial charge on any atom is -0.465 e. The van der Waals surface area contributed by atoms with Crippen LogP contribution in [0, 0.1) is 17.2 Å². The lowest BCUT2D eigenvalue weighted by Gasteiger charge is -2.29. The molecule has 0 saturated carbocycles. The van der Waals surface area contributed by atoms with Crippen molar-refractivity contribution in [2.45, 2.75) is 19.8 Å². The Labute approximate surface area is 149 Å². The van der Waals surface area contributed by atoms with Gasteiger partial charge in [-0.2, -0.15) is 5.26 Å².